The standard InChI is InChI=1S/C11H12BrClO/c1-3-11(2,10(13)14)8-4-6-9(12)7-5-8/h4-7H,3H2,1-2H3. The Kier molecular flexibility index (Phi) is 3.73. The van der Waals surface area contributed by atoms with Gasteiger partial charge >= 0.3 is 0 Å². The first-order chi connectivity index (χ1) is 6.50. The SMILES string of the molecule is CCC(C)(C(=O)Cl)c1ccc(Br)cc1. The normalized spacial score (nSPS) is 14.9. The summed E-state index contributed by atoms with van der Waals surface area (Å²) >= 11 is 8.96. The summed E-state index contributed by atoms with van der Waals surface area (Å²) in [6.07, 6.45) is 0.705. The maximum Gasteiger partial charge on any atom is 0.231 e. The second-order valence-corrected chi connectivity index (χ2v) is 4.73. The molecule has 0 aliphatic heterocycles. The third-order valence-corrected chi connectivity index (χ3v) is 3.57. The van der Waals surface area contributed by atoms with Crippen LogP contribution in [0.15, 0.2) is 28.7 Å². The molecule has 0 fully saturated rings. The Bertz CT molecular complexity index is 334. The van der Waals surface area contributed by atoms with Crippen LogP contribution in [-0.4, -0.2) is 5.24 Å². The number of benzene rings is 1. The second kappa shape index (κ2) is 4.45. The molecule has 1 nitrogen and oxygen atoms in total. The molecule has 1 rings (SSSR count). The highest BCUT2D eigenvalue weighted by Gasteiger charge is 2.31. The van der Waals surface area contributed by atoms with Crippen molar-refractivity contribution in [3.63, 3.8) is 0 Å². The van der Waals surface area contributed by atoms with Crippen LogP contribution < -0.4 is 0 Å². The van der Waals surface area contributed by atoms with E-state index in [1.165, 1.54) is 0 Å². The summed E-state index contributed by atoms with van der Waals surface area (Å²) in [5.41, 5.74) is 0.394. The van der Waals surface area contributed by atoms with Crippen molar-refractivity contribution in [2.24, 2.45) is 0 Å². The van der Waals surface area contributed by atoms with Crippen LogP contribution in [0.2, 0.25) is 0 Å². The lowest BCUT2D eigenvalue weighted by atomic mass is 9.81. The Morgan fingerprint density at radius 1 is 1.43 bits per heavy atom. The van der Waals surface area contributed by atoms with E-state index >= 15 is 0 Å². The van der Waals surface area contributed by atoms with E-state index < -0.39 is 5.41 Å². The fourth-order valence-corrected chi connectivity index (χ4v) is 1.78. The first-order valence-corrected chi connectivity index (χ1v) is 5.64. The van der Waals surface area contributed by atoms with Gasteiger partial charge in [0.2, 0.25) is 5.24 Å². The van der Waals surface area contributed by atoms with Gasteiger partial charge in [0.05, 0.1) is 5.41 Å². The van der Waals surface area contributed by atoms with Crippen LogP contribution in [0.25, 0.3) is 0 Å². The van der Waals surface area contributed by atoms with Gasteiger partial charge in [0.25, 0.3) is 0 Å². The molecular formula is C11H12BrClO. The zero-order valence-electron chi connectivity index (χ0n) is 8.18. The fraction of sp³-hybridized carbons (Fsp3) is 0.364. The molecule has 0 aromatic heterocycles. The smallest absolute Gasteiger partial charge is 0.231 e. The minimum absolute atomic E-state index is 0.303. The highest BCUT2D eigenvalue weighted by atomic mass is 79.9. The van der Waals surface area contributed by atoms with Crippen molar-refractivity contribution in [2.45, 2.75) is 25.7 Å². The summed E-state index contributed by atoms with van der Waals surface area (Å²) in [4.78, 5) is 11.3. The molecule has 1 aromatic rings. The Balaban J connectivity index is 3.13. The molecule has 1 atom stereocenters. The van der Waals surface area contributed by atoms with E-state index in [-0.39, 0.29) is 5.24 Å². The van der Waals surface area contributed by atoms with Gasteiger partial charge in [-0.05, 0) is 42.6 Å². The lowest BCUT2D eigenvalue weighted by molar-refractivity contribution is -0.116. The van der Waals surface area contributed by atoms with Crippen molar-refractivity contribution in [1.29, 1.82) is 0 Å². The monoisotopic (exact) mass is 274 g/mol. The molecule has 0 N–H and O–H groups in total. The zero-order valence-corrected chi connectivity index (χ0v) is 10.5. The molecular weight excluding hydrogens is 263 g/mol. The summed E-state index contributed by atoms with van der Waals surface area (Å²) in [6.45, 7) is 3.83. The number of halogens is 2. The van der Waals surface area contributed by atoms with Gasteiger partial charge in [-0.25, -0.2) is 0 Å². The molecule has 0 heterocycles. The summed E-state index contributed by atoms with van der Waals surface area (Å²) in [5.74, 6) is 0. The summed E-state index contributed by atoms with van der Waals surface area (Å²) in [7, 11) is 0. The van der Waals surface area contributed by atoms with Crippen molar-refractivity contribution >= 4 is 32.8 Å². The average Bonchev–Trinajstić information content (AvgIpc) is 2.17. The number of rotatable bonds is 3. The van der Waals surface area contributed by atoms with E-state index in [0.29, 0.717) is 6.42 Å². The topological polar surface area (TPSA) is 17.1 Å². The molecule has 0 radical (unpaired) electrons. The largest absolute Gasteiger partial charge is 0.280 e. The predicted molar refractivity (Wildman–Crippen MR) is 62.6 cm³/mol. The fourth-order valence-electron chi connectivity index (χ4n) is 1.27. The molecule has 0 bridgehead atoms. The summed E-state index contributed by atoms with van der Waals surface area (Å²) < 4.78 is 1.00. The predicted octanol–water partition coefficient (Wildman–Crippen LogP) is 3.88. The van der Waals surface area contributed by atoms with Crippen LogP contribution in [-0.2, 0) is 10.2 Å². The van der Waals surface area contributed by atoms with E-state index in [2.05, 4.69) is 15.9 Å². The first-order valence-electron chi connectivity index (χ1n) is 4.46. The molecule has 1 unspecified atom stereocenters. The first kappa shape index (κ1) is 11.7. The van der Waals surface area contributed by atoms with E-state index in [4.69, 9.17) is 11.6 Å². The van der Waals surface area contributed by atoms with Crippen molar-refractivity contribution in [2.75, 3.05) is 0 Å². The minimum Gasteiger partial charge on any atom is -0.280 e. The molecule has 14 heavy (non-hydrogen) atoms. The van der Waals surface area contributed by atoms with Crippen LogP contribution >= 0.6 is 27.5 Å². The molecule has 1 aromatic carbocycles. The van der Waals surface area contributed by atoms with Crippen molar-refractivity contribution in [1.82, 2.24) is 0 Å². The lowest BCUT2D eigenvalue weighted by Gasteiger charge is -2.23. The molecule has 0 saturated heterocycles. The van der Waals surface area contributed by atoms with Gasteiger partial charge < -0.3 is 0 Å². The number of hydrogen-bond donors (Lipinski definition) is 0. The highest BCUT2D eigenvalue weighted by molar-refractivity contribution is 9.10. The molecule has 76 valence electrons. The van der Waals surface area contributed by atoms with Gasteiger partial charge in [-0.15, -0.1) is 0 Å². The molecule has 0 aliphatic carbocycles. The maximum absolute atomic E-state index is 11.3. The van der Waals surface area contributed by atoms with Gasteiger partial charge in [-0.1, -0.05) is 35.0 Å². The van der Waals surface area contributed by atoms with Crippen molar-refractivity contribution in [3.05, 3.63) is 34.3 Å². The molecule has 0 amide bonds. The average molecular weight is 276 g/mol. The van der Waals surface area contributed by atoms with E-state index in [1.54, 1.807) is 0 Å². The number of carbonyl (C=O) groups excluding carboxylic acids is 1. The molecule has 0 spiro atoms. The van der Waals surface area contributed by atoms with Gasteiger partial charge in [-0.2, -0.15) is 0 Å². The second-order valence-electron chi connectivity index (χ2n) is 3.47. The Hall–Kier alpha value is -0.340. The minimum atomic E-state index is -0.567. The van der Waals surface area contributed by atoms with Crippen molar-refractivity contribution < 1.29 is 4.79 Å². The van der Waals surface area contributed by atoms with Crippen LogP contribution in [0.4, 0.5) is 0 Å². The van der Waals surface area contributed by atoms with Crippen LogP contribution in [0.5, 0.6) is 0 Å². The Labute approximate surface area is 97.6 Å². The molecule has 3 heteroatoms. The zero-order chi connectivity index (χ0) is 10.8. The highest BCUT2D eigenvalue weighted by Crippen LogP contribution is 2.30. The molecule has 0 saturated carbocycles. The summed E-state index contributed by atoms with van der Waals surface area (Å²) in [6, 6.07) is 7.69. The lowest BCUT2D eigenvalue weighted by Crippen LogP contribution is -2.27. The van der Waals surface area contributed by atoms with Gasteiger partial charge in [0.1, 0.15) is 0 Å². The summed E-state index contributed by atoms with van der Waals surface area (Å²) in [5, 5.41) is -0.303. The van der Waals surface area contributed by atoms with Crippen molar-refractivity contribution in [3.8, 4) is 0 Å². The van der Waals surface area contributed by atoms with E-state index in [0.717, 1.165) is 10.0 Å². The van der Waals surface area contributed by atoms with E-state index in [1.807, 2.05) is 38.1 Å². The van der Waals surface area contributed by atoms with Gasteiger partial charge in [0.15, 0.2) is 0 Å². The van der Waals surface area contributed by atoms with E-state index in [9.17, 15) is 4.79 Å². The Morgan fingerprint density at radius 2 is 1.93 bits per heavy atom. The van der Waals surface area contributed by atoms with Gasteiger partial charge in [0, 0.05) is 4.47 Å². The number of hydrogen-bond acceptors (Lipinski definition) is 1. The van der Waals surface area contributed by atoms with Gasteiger partial charge in [-0.3, -0.25) is 4.79 Å². The number of carbonyl (C=O) groups is 1. The third-order valence-electron chi connectivity index (χ3n) is 2.62. The maximum atomic E-state index is 11.3. The van der Waals surface area contributed by atoms with Crippen LogP contribution in [0.3, 0.4) is 0 Å². The quantitative estimate of drug-likeness (QED) is 0.765. The molecule has 0 aliphatic rings. The Morgan fingerprint density at radius 3 is 2.29 bits per heavy atom. The van der Waals surface area contributed by atoms with Crippen LogP contribution in [0, 0.1) is 0 Å². The van der Waals surface area contributed by atoms with Crippen LogP contribution in [0.1, 0.15) is 25.8 Å². The third kappa shape index (κ3) is 2.18.